The van der Waals surface area contributed by atoms with Gasteiger partial charge in [-0.1, -0.05) is 48.0 Å². The van der Waals surface area contributed by atoms with Crippen LogP contribution >= 0.6 is 11.6 Å². The van der Waals surface area contributed by atoms with E-state index in [1.807, 2.05) is 50.2 Å². The SMILES string of the molecule is CC(C)NC(=O)Oc1cc(-c2ccccc2)ccc1Cl. The molecule has 0 aliphatic carbocycles. The maximum atomic E-state index is 11.6. The maximum absolute atomic E-state index is 11.6. The minimum atomic E-state index is -0.507. The minimum absolute atomic E-state index is 0.0126. The summed E-state index contributed by atoms with van der Waals surface area (Å²) in [7, 11) is 0. The Morgan fingerprint density at radius 1 is 1.10 bits per heavy atom. The molecule has 20 heavy (non-hydrogen) atoms. The van der Waals surface area contributed by atoms with E-state index in [1.165, 1.54) is 0 Å². The van der Waals surface area contributed by atoms with Gasteiger partial charge in [0.1, 0.15) is 0 Å². The summed E-state index contributed by atoms with van der Waals surface area (Å²) < 4.78 is 5.24. The Morgan fingerprint density at radius 2 is 1.80 bits per heavy atom. The molecule has 104 valence electrons. The van der Waals surface area contributed by atoms with E-state index < -0.39 is 6.09 Å². The monoisotopic (exact) mass is 289 g/mol. The highest BCUT2D eigenvalue weighted by Gasteiger charge is 2.10. The highest BCUT2D eigenvalue weighted by molar-refractivity contribution is 6.32. The highest BCUT2D eigenvalue weighted by Crippen LogP contribution is 2.30. The molecule has 0 heterocycles. The lowest BCUT2D eigenvalue weighted by atomic mass is 10.1. The molecule has 2 aromatic rings. The molecule has 3 nitrogen and oxygen atoms in total. The molecule has 0 saturated heterocycles. The van der Waals surface area contributed by atoms with E-state index in [0.29, 0.717) is 10.8 Å². The van der Waals surface area contributed by atoms with Crippen LogP contribution in [0.2, 0.25) is 5.02 Å². The quantitative estimate of drug-likeness (QED) is 0.903. The average Bonchev–Trinajstić information content (AvgIpc) is 2.41. The van der Waals surface area contributed by atoms with E-state index in [1.54, 1.807) is 12.1 Å². The minimum Gasteiger partial charge on any atom is -0.409 e. The molecule has 0 aliphatic heterocycles. The van der Waals surface area contributed by atoms with Crippen molar-refractivity contribution < 1.29 is 9.53 Å². The number of halogens is 1. The molecule has 0 spiro atoms. The zero-order valence-electron chi connectivity index (χ0n) is 11.4. The summed E-state index contributed by atoms with van der Waals surface area (Å²) in [5, 5.41) is 3.06. The first-order valence-corrected chi connectivity index (χ1v) is 6.77. The highest BCUT2D eigenvalue weighted by atomic mass is 35.5. The summed E-state index contributed by atoms with van der Waals surface area (Å²) in [4.78, 5) is 11.6. The Morgan fingerprint density at radius 3 is 2.45 bits per heavy atom. The second-order valence-corrected chi connectivity index (χ2v) is 5.11. The number of carbonyl (C=O) groups is 1. The van der Waals surface area contributed by atoms with Gasteiger partial charge >= 0.3 is 6.09 Å². The number of carbonyl (C=O) groups excluding carboxylic acids is 1. The van der Waals surface area contributed by atoms with Gasteiger partial charge < -0.3 is 10.1 Å². The van der Waals surface area contributed by atoms with Gasteiger partial charge in [-0.05, 0) is 37.1 Å². The first-order chi connectivity index (χ1) is 9.56. The molecule has 4 heteroatoms. The van der Waals surface area contributed by atoms with E-state index in [4.69, 9.17) is 16.3 Å². The van der Waals surface area contributed by atoms with Crippen LogP contribution in [-0.4, -0.2) is 12.1 Å². The van der Waals surface area contributed by atoms with Crippen LogP contribution < -0.4 is 10.1 Å². The largest absolute Gasteiger partial charge is 0.412 e. The summed E-state index contributed by atoms with van der Waals surface area (Å²) in [6, 6.07) is 15.2. The van der Waals surface area contributed by atoms with Crippen molar-refractivity contribution in [3.05, 3.63) is 53.6 Å². The van der Waals surface area contributed by atoms with Crippen LogP contribution in [0.3, 0.4) is 0 Å². The molecule has 2 aromatic carbocycles. The third-order valence-corrected chi connectivity index (χ3v) is 2.96. The number of ether oxygens (including phenoxy) is 1. The predicted octanol–water partition coefficient (Wildman–Crippen LogP) is 4.50. The molecule has 1 amide bonds. The zero-order valence-corrected chi connectivity index (χ0v) is 12.1. The van der Waals surface area contributed by atoms with Gasteiger partial charge in [-0.15, -0.1) is 0 Å². The maximum Gasteiger partial charge on any atom is 0.412 e. The number of hydrogen-bond donors (Lipinski definition) is 1. The Labute approximate surface area is 123 Å². The second-order valence-electron chi connectivity index (χ2n) is 4.70. The molecule has 0 aromatic heterocycles. The van der Waals surface area contributed by atoms with Crippen molar-refractivity contribution in [3.63, 3.8) is 0 Å². The van der Waals surface area contributed by atoms with E-state index in [2.05, 4.69) is 5.32 Å². The molecule has 0 unspecified atom stereocenters. The Bertz CT molecular complexity index is 597. The van der Waals surface area contributed by atoms with Gasteiger partial charge in [0.15, 0.2) is 5.75 Å². The van der Waals surface area contributed by atoms with Crippen LogP contribution in [0.1, 0.15) is 13.8 Å². The normalized spacial score (nSPS) is 10.4. The van der Waals surface area contributed by atoms with Gasteiger partial charge in [-0.25, -0.2) is 4.79 Å². The van der Waals surface area contributed by atoms with Crippen molar-refractivity contribution in [2.75, 3.05) is 0 Å². The van der Waals surface area contributed by atoms with Crippen molar-refractivity contribution >= 4 is 17.7 Å². The summed E-state index contributed by atoms with van der Waals surface area (Å²) >= 11 is 6.06. The van der Waals surface area contributed by atoms with Crippen molar-refractivity contribution in [2.24, 2.45) is 0 Å². The molecular formula is C16H16ClNO2. The molecule has 0 bridgehead atoms. The third kappa shape index (κ3) is 3.75. The third-order valence-electron chi connectivity index (χ3n) is 2.65. The van der Waals surface area contributed by atoms with Crippen LogP contribution in [0.15, 0.2) is 48.5 Å². The van der Waals surface area contributed by atoms with E-state index in [0.717, 1.165) is 11.1 Å². The van der Waals surface area contributed by atoms with Gasteiger partial charge in [0.2, 0.25) is 0 Å². The zero-order chi connectivity index (χ0) is 14.5. The van der Waals surface area contributed by atoms with Crippen LogP contribution in [-0.2, 0) is 0 Å². The lowest BCUT2D eigenvalue weighted by Gasteiger charge is -2.11. The summed E-state index contributed by atoms with van der Waals surface area (Å²) in [5.74, 6) is 0.353. The Balaban J connectivity index is 2.23. The van der Waals surface area contributed by atoms with Crippen molar-refractivity contribution in [1.29, 1.82) is 0 Å². The summed E-state index contributed by atoms with van der Waals surface area (Å²) in [6.07, 6.45) is -0.507. The fourth-order valence-electron chi connectivity index (χ4n) is 1.76. The molecule has 1 N–H and O–H groups in total. The second kappa shape index (κ2) is 6.44. The first-order valence-electron chi connectivity index (χ1n) is 6.39. The van der Waals surface area contributed by atoms with Gasteiger partial charge in [-0.3, -0.25) is 0 Å². The lowest BCUT2D eigenvalue weighted by molar-refractivity contribution is 0.198. The van der Waals surface area contributed by atoms with E-state index in [9.17, 15) is 4.79 Å². The number of nitrogens with one attached hydrogen (secondary N) is 1. The van der Waals surface area contributed by atoms with Crippen molar-refractivity contribution in [1.82, 2.24) is 5.32 Å². The molecule has 0 atom stereocenters. The predicted molar refractivity (Wildman–Crippen MR) is 81.2 cm³/mol. The van der Waals surface area contributed by atoms with Crippen LogP contribution in [0, 0.1) is 0 Å². The smallest absolute Gasteiger partial charge is 0.409 e. The number of amides is 1. The van der Waals surface area contributed by atoms with Gasteiger partial charge in [0, 0.05) is 6.04 Å². The van der Waals surface area contributed by atoms with Gasteiger partial charge in [-0.2, -0.15) is 0 Å². The summed E-state index contributed by atoms with van der Waals surface area (Å²) in [5.41, 5.74) is 1.99. The van der Waals surface area contributed by atoms with Crippen LogP contribution in [0.4, 0.5) is 4.79 Å². The molecular weight excluding hydrogens is 274 g/mol. The van der Waals surface area contributed by atoms with Crippen LogP contribution in [0.25, 0.3) is 11.1 Å². The van der Waals surface area contributed by atoms with Crippen molar-refractivity contribution in [2.45, 2.75) is 19.9 Å². The number of benzene rings is 2. The van der Waals surface area contributed by atoms with Crippen LogP contribution in [0.5, 0.6) is 5.75 Å². The number of hydrogen-bond acceptors (Lipinski definition) is 2. The standard InChI is InChI=1S/C16H16ClNO2/c1-11(2)18-16(19)20-15-10-13(8-9-14(15)17)12-6-4-3-5-7-12/h3-11H,1-2H3,(H,18,19). The Kier molecular flexibility index (Phi) is 4.64. The number of rotatable bonds is 3. The van der Waals surface area contributed by atoms with Gasteiger partial charge in [0.25, 0.3) is 0 Å². The van der Waals surface area contributed by atoms with Crippen molar-refractivity contribution in [3.8, 4) is 16.9 Å². The molecule has 2 rings (SSSR count). The topological polar surface area (TPSA) is 38.3 Å². The average molecular weight is 290 g/mol. The molecule has 0 fully saturated rings. The first kappa shape index (κ1) is 14.4. The molecule has 0 saturated carbocycles. The molecule has 0 radical (unpaired) electrons. The molecule has 0 aliphatic rings. The van der Waals surface area contributed by atoms with Gasteiger partial charge in [0.05, 0.1) is 5.02 Å². The lowest BCUT2D eigenvalue weighted by Crippen LogP contribution is -2.32. The summed E-state index contributed by atoms with van der Waals surface area (Å²) in [6.45, 7) is 3.73. The van der Waals surface area contributed by atoms with E-state index in [-0.39, 0.29) is 6.04 Å². The fourth-order valence-corrected chi connectivity index (χ4v) is 1.91. The Hall–Kier alpha value is -2.00. The van der Waals surface area contributed by atoms with E-state index >= 15 is 0 Å². The fraction of sp³-hybridized carbons (Fsp3) is 0.188.